The average molecular weight is 352 g/mol. The van der Waals surface area contributed by atoms with Crippen LogP contribution in [0.25, 0.3) is 0 Å². The summed E-state index contributed by atoms with van der Waals surface area (Å²) in [5, 5.41) is 2.74. The van der Waals surface area contributed by atoms with Gasteiger partial charge in [0.1, 0.15) is 5.82 Å². The number of pyridine rings is 1. The van der Waals surface area contributed by atoms with Crippen LogP contribution in [0.2, 0.25) is 0 Å². The minimum absolute atomic E-state index is 0.106. The number of carbonyl (C=O) groups is 1. The minimum atomic E-state index is -0.106. The van der Waals surface area contributed by atoms with E-state index in [1.54, 1.807) is 12.3 Å². The first kappa shape index (κ1) is 14.9. The fraction of sp³-hybridized carbons (Fsp3) is 0.143. The van der Waals surface area contributed by atoms with Crippen LogP contribution < -0.4 is 11.1 Å². The van der Waals surface area contributed by atoms with Crippen molar-refractivity contribution < 1.29 is 4.79 Å². The minimum Gasteiger partial charge on any atom is -0.398 e. The summed E-state index contributed by atoms with van der Waals surface area (Å²) >= 11 is 4.71. The molecule has 0 aliphatic carbocycles. The van der Waals surface area contributed by atoms with Gasteiger partial charge in [-0.05, 0) is 52.7 Å². The number of rotatable bonds is 4. The van der Waals surface area contributed by atoms with E-state index >= 15 is 0 Å². The van der Waals surface area contributed by atoms with E-state index in [1.807, 2.05) is 31.2 Å². The number of thioether (sulfide) groups is 1. The zero-order valence-electron chi connectivity index (χ0n) is 10.9. The molecular formula is C14H14BrN3OS. The average Bonchev–Trinajstić information content (AvgIpc) is 2.42. The van der Waals surface area contributed by atoms with Gasteiger partial charge in [0.05, 0.1) is 5.75 Å². The SMILES string of the molecule is Cc1ccc(N)c(SCC(=O)Nc2ccc(Br)cn2)c1. The second kappa shape index (κ2) is 6.76. The van der Waals surface area contributed by atoms with E-state index in [2.05, 4.69) is 26.2 Å². The molecule has 0 radical (unpaired) electrons. The van der Waals surface area contributed by atoms with Crippen LogP contribution in [0.4, 0.5) is 11.5 Å². The molecule has 0 fully saturated rings. The highest BCUT2D eigenvalue weighted by molar-refractivity contribution is 9.10. The summed E-state index contributed by atoms with van der Waals surface area (Å²) < 4.78 is 0.873. The number of benzene rings is 1. The zero-order chi connectivity index (χ0) is 14.5. The highest BCUT2D eigenvalue weighted by atomic mass is 79.9. The van der Waals surface area contributed by atoms with Crippen LogP contribution in [0, 0.1) is 6.92 Å². The number of nitrogen functional groups attached to an aromatic ring is 1. The Kier molecular flexibility index (Phi) is 5.03. The number of amides is 1. The molecule has 2 aromatic rings. The Balaban J connectivity index is 1.92. The van der Waals surface area contributed by atoms with Gasteiger partial charge in [-0.3, -0.25) is 4.79 Å². The van der Waals surface area contributed by atoms with E-state index in [0.29, 0.717) is 17.3 Å². The van der Waals surface area contributed by atoms with Gasteiger partial charge in [0, 0.05) is 21.3 Å². The van der Waals surface area contributed by atoms with Crippen molar-refractivity contribution in [2.45, 2.75) is 11.8 Å². The summed E-state index contributed by atoms with van der Waals surface area (Å²) in [5.41, 5.74) is 7.69. The molecule has 0 atom stereocenters. The molecule has 0 spiro atoms. The molecule has 0 saturated carbocycles. The van der Waals surface area contributed by atoms with Crippen molar-refractivity contribution in [1.82, 2.24) is 4.98 Å². The first-order valence-corrected chi connectivity index (χ1v) is 7.73. The lowest BCUT2D eigenvalue weighted by atomic mass is 10.2. The number of nitrogens with one attached hydrogen (secondary N) is 1. The van der Waals surface area contributed by atoms with Gasteiger partial charge in [-0.1, -0.05) is 6.07 Å². The maximum Gasteiger partial charge on any atom is 0.235 e. The molecule has 1 amide bonds. The Morgan fingerprint density at radius 2 is 2.20 bits per heavy atom. The van der Waals surface area contributed by atoms with Crippen LogP contribution in [0.3, 0.4) is 0 Å². The number of hydrogen-bond acceptors (Lipinski definition) is 4. The molecule has 0 saturated heterocycles. The van der Waals surface area contributed by atoms with Crippen LogP contribution >= 0.6 is 27.7 Å². The number of nitrogens with zero attached hydrogens (tertiary/aromatic N) is 1. The van der Waals surface area contributed by atoms with Crippen LogP contribution in [0.1, 0.15) is 5.56 Å². The number of nitrogens with two attached hydrogens (primary N) is 1. The molecule has 6 heteroatoms. The van der Waals surface area contributed by atoms with Crippen molar-refractivity contribution >= 4 is 45.1 Å². The Hall–Kier alpha value is -1.53. The number of carbonyl (C=O) groups excluding carboxylic acids is 1. The third-order valence-corrected chi connectivity index (χ3v) is 4.06. The first-order valence-electron chi connectivity index (χ1n) is 5.95. The summed E-state index contributed by atoms with van der Waals surface area (Å²) in [6.07, 6.45) is 1.64. The number of anilines is 2. The third-order valence-electron chi connectivity index (χ3n) is 2.52. The molecule has 1 aromatic carbocycles. The molecule has 1 aromatic heterocycles. The second-order valence-corrected chi connectivity index (χ2v) is 6.17. The lowest BCUT2D eigenvalue weighted by Gasteiger charge is -2.07. The van der Waals surface area contributed by atoms with Gasteiger partial charge in [-0.25, -0.2) is 4.98 Å². The van der Waals surface area contributed by atoms with Gasteiger partial charge in [0.25, 0.3) is 0 Å². The normalized spacial score (nSPS) is 10.3. The van der Waals surface area contributed by atoms with Gasteiger partial charge < -0.3 is 11.1 Å². The largest absolute Gasteiger partial charge is 0.398 e. The van der Waals surface area contributed by atoms with Crippen molar-refractivity contribution in [3.8, 4) is 0 Å². The Morgan fingerprint density at radius 3 is 2.90 bits per heavy atom. The zero-order valence-corrected chi connectivity index (χ0v) is 13.3. The van der Waals surface area contributed by atoms with E-state index in [9.17, 15) is 4.79 Å². The summed E-state index contributed by atoms with van der Waals surface area (Å²) in [6.45, 7) is 2.00. The Morgan fingerprint density at radius 1 is 1.40 bits per heavy atom. The highest BCUT2D eigenvalue weighted by Gasteiger charge is 2.06. The first-order chi connectivity index (χ1) is 9.54. The smallest absolute Gasteiger partial charge is 0.235 e. The summed E-state index contributed by atoms with van der Waals surface area (Å²) in [7, 11) is 0. The predicted octanol–water partition coefficient (Wildman–Crippen LogP) is 3.47. The molecule has 0 aliphatic heterocycles. The molecule has 4 nitrogen and oxygen atoms in total. The number of aromatic nitrogens is 1. The molecule has 0 bridgehead atoms. The maximum atomic E-state index is 11.8. The molecular weight excluding hydrogens is 338 g/mol. The van der Waals surface area contributed by atoms with Crippen molar-refractivity contribution in [3.05, 3.63) is 46.6 Å². The van der Waals surface area contributed by atoms with Crippen LogP contribution in [-0.4, -0.2) is 16.6 Å². The van der Waals surface area contributed by atoms with E-state index < -0.39 is 0 Å². The number of aryl methyl sites for hydroxylation is 1. The van der Waals surface area contributed by atoms with Gasteiger partial charge in [0.2, 0.25) is 5.91 Å². The molecule has 3 N–H and O–H groups in total. The van der Waals surface area contributed by atoms with E-state index in [4.69, 9.17) is 5.73 Å². The van der Waals surface area contributed by atoms with E-state index in [1.165, 1.54) is 11.8 Å². The fourth-order valence-corrected chi connectivity index (χ4v) is 2.64. The van der Waals surface area contributed by atoms with E-state index in [-0.39, 0.29) is 5.91 Å². The molecule has 104 valence electrons. The second-order valence-electron chi connectivity index (χ2n) is 4.24. The molecule has 0 unspecified atom stereocenters. The number of hydrogen-bond donors (Lipinski definition) is 2. The number of halogens is 1. The topological polar surface area (TPSA) is 68.0 Å². The standard InChI is InChI=1S/C14H14BrN3OS/c1-9-2-4-11(16)12(6-9)20-8-14(19)18-13-5-3-10(15)7-17-13/h2-7H,8,16H2,1H3,(H,17,18,19). The Bertz CT molecular complexity index is 616. The molecule has 2 rings (SSSR count). The fourth-order valence-electron chi connectivity index (χ4n) is 1.54. The predicted molar refractivity (Wildman–Crippen MR) is 86.9 cm³/mol. The van der Waals surface area contributed by atoms with Crippen molar-refractivity contribution in [2.24, 2.45) is 0 Å². The van der Waals surface area contributed by atoms with Gasteiger partial charge >= 0.3 is 0 Å². The maximum absolute atomic E-state index is 11.8. The van der Waals surface area contributed by atoms with Crippen LogP contribution in [-0.2, 0) is 4.79 Å². The van der Waals surface area contributed by atoms with E-state index in [0.717, 1.165) is 14.9 Å². The highest BCUT2D eigenvalue weighted by Crippen LogP contribution is 2.26. The molecule has 20 heavy (non-hydrogen) atoms. The summed E-state index contributed by atoms with van der Waals surface area (Å²) in [6, 6.07) is 9.35. The van der Waals surface area contributed by atoms with Gasteiger partial charge in [-0.15, -0.1) is 11.8 Å². The Labute approximate surface area is 130 Å². The summed E-state index contributed by atoms with van der Waals surface area (Å²) in [4.78, 5) is 16.9. The van der Waals surface area contributed by atoms with Crippen molar-refractivity contribution in [2.75, 3.05) is 16.8 Å². The monoisotopic (exact) mass is 351 g/mol. The third kappa shape index (κ3) is 4.25. The van der Waals surface area contributed by atoms with Crippen molar-refractivity contribution in [3.63, 3.8) is 0 Å². The molecule has 1 heterocycles. The van der Waals surface area contributed by atoms with Gasteiger partial charge in [-0.2, -0.15) is 0 Å². The van der Waals surface area contributed by atoms with Crippen molar-refractivity contribution in [1.29, 1.82) is 0 Å². The quantitative estimate of drug-likeness (QED) is 0.653. The van der Waals surface area contributed by atoms with Crippen LogP contribution in [0.15, 0.2) is 45.9 Å². The molecule has 0 aliphatic rings. The lowest BCUT2D eigenvalue weighted by molar-refractivity contribution is -0.113. The lowest BCUT2D eigenvalue weighted by Crippen LogP contribution is -2.15. The summed E-state index contributed by atoms with van der Waals surface area (Å²) in [5.74, 6) is 0.729. The van der Waals surface area contributed by atoms with Crippen LogP contribution in [0.5, 0.6) is 0 Å². The van der Waals surface area contributed by atoms with Gasteiger partial charge in [0.15, 0.2) is 0 Å².